The lowest BCUT2D eigenvalue weighted by Gasteiger charge is -2.36. The number of nitrogen functional groups attached to an aromatic ring is 1. The van der Waals surface area contributed by atoms with Gasteiger partial charge in [-0.1, -0.05) is 24.4 Å². The molecule has 3 nitrogen and oxygen atoms in total. The zero-order chi connectivity index (χ0) is 13.2. The van der Waals surface area contributed by atoms with Gasteiger partial charge in [0.2, 0.25) is 0 Å². The van der Waals surface area contributed by atoms with Crippen LogP contribution in [0.2, 0.25) is 5.02 Å². The molecule has 0 amide bonds. The zero-order valence-electron chi connectivity index (χ0n) is 11.2. The van der Waals surface area contributed by atoms with Crippen LogP contribution in [0, 0.1) is 5.92 Å². The fourth-order valence-corrected chi connectivity index (χ4v) is 3.15. The molecule has 4 heteroatoms. The Morgan fingerprint density at radius 3 is 2.74 bits per heavy atom. The maximum Gasteiger partial charge on any atom is 0.0410 e. The number of halogens is 1. The second-order valence-corrected chi connectivity index (χ2v) is 6.19. The van der Waals surface area contributed by atoms with E-state index in [1.54, 1.807) is 0 Å². The van der Waals surface area contributed by atoms with Crippen molar-refractivity contribution >= 4 is 17.3 Å². The Labute approximate surface area is 120 Å². The number of nitrogens with one attached hydrogen (secondary N) is 1. The zero-order valence-corrected chi connectivity index (χ0v) is 12.0. The molecular formula is C15H22ClN3. The molecule has 19 heavy (non-hydrogen) atoms. The molecule has 1 saturated carbocycles. The molecule has 1 saturated heterocycles. The molecule has 0 spiro atoms. The van der Waals surface area contributed by atoms with Gasteiger partial charge in [-0.15, -0.1) is 0 Å². The molecule has 3 N–H and O–H groups in total. The fraction of sp³-hybridized carbons (Fsp3) is 0.600. The average Bonchev–Trinajstić information content (AvgIpc) is 3.24. The van der Waals surface area contributed by atoms with E-state index in [0.29, 0.717) is 6.04 Å². The SMILES string of the molecule is Nc1ccc(Cl)cc1[C@@H](CC1CC1)N1CCNCC1. The third-order valence-electron chi connectivity index (χ3n) is 4.25. The molecule has 2 aliphatic rings. The van der Waals surface area contributed by atoms with E-state index >= 15 is 0 Å². The van der Waals surface area contributed by atoms with E-state index in [2.05, 4.69) is 16.3 Å². The van der Waals surface area contributed by atoms with E-state index in [1.807, 2.05) is 12.1 Å². The fourth-order valence-electron chi connectivity index (χ4n) is 2.97. The summed E-state index contributed by atoms with van der Waals surface area (Å²) in [7, 11) is 0. The number of hydrogen-bond acceptors (Lipinski definition) is 3. The van der Waals surface area contributed by atoms with Crippen LogP contribution in [-0.2, 0) is 0 Å². The van der Waals surface area contributed by atoms with Crippen LogP contribution in [0.4, 0.5) is 5.69 Å². The van der Waals surface area contributed by atoms with Gasteiger partial charge < -0.3 is 11.1 Å². The van der Waals surface area contributed by atoms with Gasteiger partial charge in [0.05, 0.1) is 0 Å². The van der Waals surface area contributed by atoms with Gasteiger partial charge in [-0.25, -0.2) is 0 Å². The van der Waals surface area contributed by atoms with Crippen LogP contribution in [0.15, 0.2) is 18.2 Å². The van der Waals surface area contributed by atoms with E-state index in [4.69, 9.17) is 17.3 Å². The molecule has 104 valence electrons. The minimum atomic E-state index is 0.438. The number of nitrogens with two attached hydrogens (primary N) is 1. The molecule has 2 fully saturated rings. The van der Waals surface area contributed by atoms with E-state index in [9.17, 15) is 0 Å². The Balaban J connectivity index is 1.85. The number of rotatable bonds is 4. The predicted molar refractivity (Wildman–Crippen MR) is 80.4 cm³/mol. The van der Waals surface area contributed by atoms with Gasteiger partial charge in [-0.3, -0.25) is 4.90 Å². The molecule has 0 aromatic heterocycles. The Kier molecular flexibility index (Phi) is 3.96. The maximum atomic E-state index is 6.19. The highest BCUT2D eigenvalue weighted by atomic mass is 35.5. The minimum absolute atomic E-state index is 0.438. The molecule has 3 rings (SSSR count). The van der Waals surface area contributed by atoms with E-state index in [-0.39, 0.29) is 0 Å². The molecule has 0 radical (unpaired) electrons. The molecule has 1 atom stereocenters. The quantitative estimate of drug-likeness (QED) is 0.833. The number of anilines is 1. The second kappa shape index (κ2) is 5.70. The maximum absolute atomic E-state index is 6.19. The van der Waals surface area contributed by atoms with Gasteiger partial charge in [0.15, 0.2) is 0 Å². The Hall–Kier alpha value is -0.770. The van der Waals surface area contributed by atoms with Gasteiger partial charge in [-0.05, 0) is 36.1 Å². The average molecular weight is 280 g/mol. The van der Waals surface area contributed by atoms with Crippen molar-refractivity contribution in [2.24, 2.45) is 5.92 Å². The summed E-state index contributed by atoms with van der Waals surface area (Å²) >= 11 is 6.17. The molecule has 0 bridgehead atoms. The van der Waals surface area contributed by atoms with Gasteiger partial charge in [0, 0.05) is 42.9 Å². The Bertz CT molecular complexity index is 439. The van der Waals surface area contributed by atoms with Gasteiger partial charge in [0.25, 0.3) is 0 Å². The van der Waals surface area contributed by atoms with Crippen LogP contribution in [0.5, 0.6) is 0 Å². The van der Waals surface area contributed by atoms with Gasteiger partial charge >= 0.3 is 0 Å². The molecular weight excluding hydrogens is 258 g/mol. The molecule has 1 aromatic rings. The number of piperazine rings is 1. The molecule has 1 aliphatic heterocycles. The van der Waals surface area contributed by atoms with Crippen LogP contribution in [0.3, 0.4) is 0 Å². The minimum Gasteiger partial charge on any atom is -0.398 e. The highest BCUT2D eigenvalue weighted by Crippen LogP contribution is 2.41. The summed E-state index contributed by atoms with van der Waals surface area (Å²) in [5.74, 6) is 0.887. The highest BCUT2D eigenvalue weighted by molar-refractivity contribution is 6.30. The van der Waals surface area contributed by atoms with Crippen LogP contribution in [-0.4, -0.2) is 31.1 Å². The normalized spacial score (nSPS) is 22.4. The summed E-state index contributed by atoms with van der Waals surface area (Å²) in [5.41, 5.74) is 8.30. The van der Waals surface area contributed by atoms with Crippen LogP contribution in [0.1, 0.15) is 30.9 Å². The topological polar surface area (TPSA) is 41.3 Å². The first-order valence-electron chi connectivity index (χ1n) is 7.24. The number of benzene rings is 1. The standard InChI is InChI=1S/C15H22ClN3/c16-12-3-4-14(17)13(10-12)15(9-11-1-2-11)19-7-5-18-6-8-19/h3-4,10-11,15,18H,1-2,5-9,17H2/t15-/m1/s1. The summed E-state index contributed by atoms with van der Waals surface area (Å²) in [5, 5.41) is 4.21. The summed E-state index contributed by atoms with van der Waals surface area (Å²) in [6, 6.07) is 6.33. The molecule has 0 unspecified atom stereocenters. The lowest BCUT2D eigenvalue weighted by Crippen LogP contribution is -2.45. The van der Waals surface area contributed by atoms with Crippen molar-refractivity contribution in [3.05, 3.63) is 28.8 Å². The van der Waals surface area contributed by atoms with Crippen molar-refractivity contribution < 1.29 is 0 Å². The largest absolute Gasteiger partial charge is 0.398 e. The summed E-state index contributed by atoms with van der Waals surface area (Å²) in [6.07, 6.45) is 3.98. The third kappa shape index (κ3) is 3.22. The van der Waals surface area contributed by atoms with Crippen molar-refractivity contribution in [2.45, 2.75) is 25.3 Å². The Morgan fingerprint density at radius 2 is 2.05 bits per heavy atom. The van der Waals surface area contributed by atoms with E-state index < -0.39 is 0 Å². The first-order valence-corrected chi connectivity index (χ1v) is 7.61. The van der Waals surface area contributed by atoms with Gasteiger partial charge in [-0.2, -0.15) is 0 Å². The molecule has 1 aromatic carbocycles. The van der Waals surface area contributed by atoms with E-state index in [0.717, 1.165) is 42.8 Å². The molecule has 1 aliphatic carbocycles. The Morgan fingerprint density at radius 1 is 1.32 bits per heavy atom. The summed E-state index contributed by atoms with van der Waals surface area (Å²) < 4.78 is 0. The first-order chi connectivity index (χ1) is 9.24. The second-order valence-electron chi connectivity index (χ2n) is 5.75. The summed E-state index contributed by atoms with van der Waals surface area (Å²) in [6.45, 7) is 4.34. The van der Waals surface area contributed by atoms with Crippen molar-refractivity contribution in [2.75, 3.05) is 31.9 Å². The summed E-state index contributed by atoms with van der Waals surface area (Å²) in [4.78, 5) is 2.57. The van der Waals surface area contributed by atoms with Crippen LogP contribution >= 0.6 is 11.6 Å². The molecule has 1 heterocycles. The lowest BCUT2D eigenvalue weighted by molar-refractivity contribution is 0.161. The smallest absolute Gasteiger partial charge is 0.0410 e. The first kappa shape index (κ1) is 13.2. The van der Waals surface area contributed by atoms with Crippen LogP contribution < -0.4 is 11.1 Å². The number of hydrogen-bond donors (Lipinski definition) is 2. The highest BCUT2D eigenvalue weighted by Gasteiger charge is 2.31. The van der Waals surface area contributed by atoms with Gasteiger partial charge in [0.1, 0.15) is 0 Å². The third-order valence-corrected chi connectivity index (χ3v) is 4.49. The lowest BCUT2D eigenvalue weighted by atomic mass is 9.97. The van der Waals surface area contributed by atoms with Crippen molar-refractivity contribution in [3.63, 3.8) is 0 Å². The van der Waals surface area contributed by atoms with Crippen molar-refractivity contribution in [1.82, 2.24) is 10.2 Å². The predicted octanol–water partition coefficient (Wildman–Crippen LogP) is 2.67. The monoisotopic (exact) mass is 279 g/mol. The number of nitrogens with zero attached hydrogens (tertiary/aromatic N) is 1. The van der Waals surface area contributed by atoms with Crippen LogP contribution in [0.25, 0.3) is 0 Å². The van der Waals surface area contributed by atoms with E-state index in [1.165, 1.54) is 24.8 Å². The van der Waals surface area contributed by atoms with Crippen molar-refractivity contribution in [3.8, 4) is 0 Å². The van der Waals surface area contributed by atoms with Crippen molar-refractivity contribution in [1.29, 1.82) is 0 Å².